The molecule has 4 rings (SSSR count). The highest BCUT2D eigenvalue weighted by Crippen LogP contribution is 2.23. The summed E-state index contributed by atoms with van der Waals surface area (Å²) in [6, 6.07) is 8.58. The fourth-order valence-corrected chi connectivity index (χ4v) is 2.77. The van der Waals surface area contributed by atoms with Crippen molar-refractivity contribution in [3.63, 3.8) is 0 Å². The lowest BCUT2D eigenvalue weighted by Gasteiger charge is -2.08. The Kier molecular flexibility index (Phi) is 2.90. The summed E-state index contributed by atoms with van der Waals surface area (Å²) < 4.78 is 13.6. The van der Waals surface area contributed by atoms with E-state index in [2.05, 4.69) is 20.8 Å². The topological polar surface area (TPSA) is 69.8 Å². The molecule has 5 nitrogen and oxygen atoms in total. The van der Waals surface area contributed by atoms with Crippen molar-refractivity contribution in [1.29, 1.82) is 0 Å². The van der Waals surface area contributed by atoms with Crippen molar-refractivity contribution >= 4 is 22.5 Å². The Hall–Kier alpha value is -2.73. The molecule has 0 spiro atoms. The van der Waals surface area contributed by atoms with E-state index in [0.717, 1.165) is 18.8 Å². The Balaban J connectivity index is 1.66. The highest BCUT2D eigenvalue weighted by Gasteiger charge is 2.16. The largest absolute Gasteiger partial charge is 0.322 e. The number of nitrogens with zero attached hydrogens (tertiary/aromatic N) is 1. The zero-order valence-electron chi connectivity index (χ0n) is 11.6. The van der Waals surface area contributed by atoms with Gasteiger partial charge in [-0.1, -0.05) is 6.07 Å². The van der Waals surface area contributed by atoms with Crippen molar-refractivity contribution in [2.45, 2.75) is 13.1 Å². The van der Waals surface area contributed by atoms with Gasteiger partial charge in [-0.05, 0) is 35.4 Å². The summed E-state index contributed by atoms with van der Waals surface area (Å²) >= 11 is 0. The number of rotatable bonds is 2. The first kappa shape index (κ1) is 13.0. The van der Waals surface area contributed by atoms with Crippen LogP contribution in [0, 0.1) is 5.82 Å². The van der Waals surface area contributed by atoms with Crippen molar-refractivity contribution in [2.24, 2.45) is 0 Å². The SMILES string of the molecule is O=C(Nc1ccc2c(c1)CNC2)c1ccc(F)c2[nH]ncc12. The number of aromatic amines is 1. The van der Waals surface area contributed by atoms with Crippen molar-refractivity contribution < 1.29 is 9.18 Å². The summed E-state index contributed by atoms with van der Waals surface area (Å²) in [5.74, 6) is -0.704. The van der Waals surface area contributed by atoms with Crippen LogP contribution in [0.3, 0.4) is 0 Å². The van der Waals surface area contributed by atoms with Crippen molar-refractivity contribution in [1.82, 2.24) is 15.5 Å². The van der Waals surface area contributed by atoms with Crippen LogP contribution in [-0.4, -0.2) is 16.1 Å². The second-order valence-electron chi connectivity index (χ2n) is 5.29. The highest BCUT2D eigenvalue weighted by atomic mass is 19.1. The van der Waals surface area contributed by atoms with Crippen LogP contribution in [0.5, 0.6) is 0 Å². The Morgan fingerprint density at radius 1 is 1.18 bits per heavy atom. The minimum absolute atomic E-state index is 0.241. The number of anilines is 1. The van der Waals surface area contributed by atoms with Gasteiger partial charge in [0.05, 0.1) is 11.8 Å². The normalized spacial score (nSPS) is 13.3. The molecule has 6 heteroatoms. The van der Waals surface area contributed by atoms with Gasteiger partial charge in [-0.15, -0.1) is 0 Å². The van der Waals surface area contributed by atoms with Gasteiger partial charge in [0.15, 0.2) is 0 Å². The van der Waals surface area contributed by atoms with E-state index in [1.807, 2.05) is 18.2 Å². The molecule has 0 aliphatic carbocycles. The minimum atomic E-state index is -0.423. The third kappa shape index (κ3) is 2.05. The van der Waals surface area contributed by atoms with Gasteiger partial charge < -0.3 is 10.6 Å². The molecule has 1 aliphatic rings. The Bertz CT molecular complexity index is 887. The number of aromatic nitrogens is 2. The lowest BCUT2D eigenvalue weighted by molar-refractivity contribution is 0.102. The Labute approximate surface area is 125 Å². The molecule has 0 saturated heterocycles. The van der Waals surface area contributed by atoms with Crippen molar-refractivity contribution in [3.8, 4) is 0 Å². The van der Waals surface area contributed by atoms with Crippen LogP contribution < -0.4 is 10.6 Å². The molecule has 1 aliphatic heterocycles. The number of carbonyl (C=O) groups is 1. The molecule has 2 aromatic carbocycles. The minimum Gasteiger partial charge on any atom is -0.322 e. The van der Waals surface area contributed by atoms with Gasteiger partial charge in [-0.25, -0.2) is 4.39 Å². The van der Waals surface area contributed by atoms with E-state index in [1.54, 1.807) is 0 Å². The molecule has 2 heterocycles. The summed E-state index contributed by atoms with van der Waals surface area (Å²) in [7, 11) is 0. The molecule has 3 N–H and O–H groups in total. The smallest absolute Gasteiger partial charge is 0.256 e. The number of fused-ring (bicyclic) bond motifs is 2. The monoisotopic (exact) mass is 296 g/mol. The van der Waals surface area contributed by atoms with Crippen LogP contribution in [0.4, 0.5) is 10.1 Å². The third-order valence-electron chi connectivity index (χ3n) is 3.90. The predicted molar refractivity (Wildman–Crippen MR) is 81.0 cm³/mol. The molecule has 22 heavy (non-hydrogen) atoms. The fourth-order valence-electron chi connectivity index (χ4n) is 2.77. The first-order chi connectivity index (χ1) is 10.7. The van der Waals surface area contributed by atoms with E-state index >= 15 is 0 Å². The number of nitrogens with one attached hydrogen (secondary N) is 3. The van der Waals surface area contributed by atoms with Gasteiger partial charge in [0.25, 0.3) is 5.91 Å². The van der Waals surface area contributed by atoms with E-state index in [-0.39, 0.29) is 11.4 Å². The second-order valence-corrected chi connectivity index (χ2v) is 5.29. The van der Waals surface area contributed by atoms with Crippen LogP contribution in [-0.2, 0) is 13.1 Å². The molecule has 0 saturated carbocycles. The van der Waals surface area contributed by atoms with Gasteiger partial charge in [0.1, 0.15) is 11.3 Å². The number of carbonyl (C=O) groups excluding carboxylic acids is 1. The molecule has 0 atom stereocenters. The van der Waals surface area contributed by atoms with Crippen LogP contribution in [0.25, 0.3) is 10.9 Å². The van der Waals surface area contributed by atoms with Gasteiger partial charge in [0, 0.05) is 24.2 Å². The first-order valence-corrected chi connectivity index (χ1v) is 6.98. The fraction of sp³-hybridized carbons (Fsp3) is 0.125. The zero-order chi connectivity index (χ0) is 15.1. The maximum atomic E-state index is 13.6. The maximum Gasteiger partial charge on any atom is 0.256 e. The number of benzene rings is 2. The standard InChI is InChI=1S/C16H13FN4O/c17-14-4-3-12(13-8-19-21-15(13)14)16(22)20-11-2-1-9-6-18-7-10(9)5-11/h1-5,8,18H,6-7H2,(H,19,21)(H,20,22). The number of amides is 1. The second kappa shape index (κ2) is 4.92. The molecular formula is C16H13FN4O. The summed E-state index contributed by atoms with van der Waals surface area (Å²) in [5, 5.41) is 13.0. The lowest BCUT2D eigenvalue weighted by atomic mass is 10.1. The molecule has 0 bridgehead atoms. The van der Waals surface area contributed by atoms with Gasteiger partial charge in [-0.2, -0.15) is 5.10 Å². The Morgan fingerprint density at radius 2 is 2.05 bits per heavy atom. The molecule has 1 aromatic heterocycles. The average molecular weight is 296 g/mol. The molecule has 0 unspecified atom stereocenters. The first-order valence-electron chi connectivity index (χ1n) is 6.98. The van der Waals surface area contributed by atoms with Crippen LogP contribution in [0.1, 0.15) is 21.5 Å². The summed E-state index contributed by atoms with van der Waals surface area (Å²) in [5.41, 5.74) is 3.80. The lowest BCUT2D eigenvalue weighted by Crippen LogP contribution is -2.12. The molecule has 0 fully saturated rings. The van der Waals surface area contributed by atoms with Crippen molar-refractivity contribution in [3.05, 3.63) is 59.0 Å². The van der Waals surface area contributed by atoms with Gasteiger partial charge in [0.2, 0.25) is 0 Å². The molecule has 1 amide bonds. The van der Waals surface area contributed by atoms with Crippen LogP contribution in [0.2, 0.25) is 0 Å². The summed E-state index contributed by atoms with van der Waals surface area (Å²) in [6.45, 7) is 1.67. The maximum absolute atomic E-state index is 13.6. The van der Waals surface area contributed by atoms with E-state index in [1.165, 1.54) is 29.5 Å². The molecule has 110 valence electrons. The van der Waals surface area contributed by atoms with E-state index in [0.29, 0.717) is 10.9 Å². The average Bonchev–Trinajstić information content (AvgIpc) is 3.16. The number of H-pyrrole nitrogens is 1. The molecular weight excluding hydrogens is 283 g/mol. The van der Waals surface area contributed by atoms with E-state index in [4.69, 9.17) is 0 Å². The van der Waals surface area contributed by atoms with Crippen molar-refractivity contribution in [2.75, 3.05) is 5.32 Å². The van der Waals surface area contributed by atoms with Crippen LogP contribution in [0.15, 0.2) is 36.5 Å². The van der Waals surface area contributed by atoms with E-state index in [9.17, 15) is 9.18 Å². The third-order valence-corrected chi connectivity index (χ3v) is 3.90. The molecule has 0 radical (unpaired) electrons. The Morgan fingerprint density at radius 3 is 2.95 bits per heavy atom. The van der Waals surface area contributed by atoms with Gasteiger partial charge >= 0.3 is 0 Å². The van der Waals surface area contributed by atoms with E-state index < -0.39 is 5.82 Å². The van der Waals surface area contributed by atoms with Gasteiger partial charge in [-0.3, -0.25) is 9.89 Å². The zero-order valence-corrected chi connectivity index (χ0v) is 11.6. The summed E-state index contributed by atoms with van der Waals surface area (Å²) in [4.78, 5) is 12.4. The predicted octanol–water partition coefficient (Wildman–Crippen LogP) is 2.56. The summed E-state index contributed by atoms with van der Waals surface area (Å²) in [6.07, 6.45) is 1.46. The van der Waals surface area contributed by atoms with Crippen LogP contribution >= 0.6 is 0 Å². The quantitative estimate of drug-likeness (QED) is 0.680. The highest BCUT2D eigenvalue weighted by molar-refractivity contribution is 6.12. The number of hydrogen-bond acceptors (Lipinski definition) is 3. The number of hydrogen-bond donors (Lipinski definition) is 3. The number of halogens is 1. The molecule has 3 aromatic rings.